The summed E-state index contributed by atoms with van der Waals surface area (Å²) in [7, 11) is 0. The third-order valence-electron chi connectivity index (χ3n) is 2.91. The van der Waals surface area contributed by atoms with Crippen LogP contribution in [0.3, 0.4) is 0 Å². The maximum Gasteiger partial charge on any atom is 0.123 e. The predicted octanol–water partition coefficient (Wildman–Crippen LogP) is 4.34. The highest BCUT2D eigenvalue weighted by Gasteiger charge is 1.96. The molecule has 0 aliphatic rings. The van der Waals surface area contributed by atoms with Gasteiger partial charge < -0.3 is 5.32 Å². The molecule has 0 radical (unpaired) electrons. The van der Waals surface area contributed by atoms with Crippen LogP contribution in [0.1, 0.15) is 12.0 Å². The van der Waals surface area contributed by atoms with Crippen molar-refractivity contribution in [3.8, 4) is 12.3 Å². The zero-order chi connectivity index (χ0) is 14.2. The fourth-order valence-corrected chi connectivity index (χ4v) is 1.88. The second kappa shape index (κ2) is 7.16. The van der Waals surface area contributed by atoms with Crippen LogP contribution in [0.15, 0.2) is 60.7 Å². The van der Waals surface area contributed by atoms with Gasteiger partial charge in [0, 0.05) is 17.8 Å². The van der Waals surface area contributed by atoms with Crippen LogP contribution in [0, 0.1) is 18.2 Å². The fraction of sp³-hybridized carbons (Fsp3) is 0.111. The summed E-state index contributed by atoms with van der Waals surface area (Å²) in [5, 5.41) is 3.22. The zero-order valence-corrected chi connectivity index (χ0v) is 11.1. The molecule has 0 saturated carbocycles. The third-order valence-corrected chi connectivity index (χ3v) is 2.91. The van der Waals surface area contributed by atoms with E-state index in [1.165, 1.54) is 12.1 Å². The molecule has 0 atom stereocenters. The Morgan fingerprint density at radius 3 is 2.45 bits per heavy atom. The topological polar surface area (TPSA) is 12.0 Å². The van der Waals surface area contributed by atoms with Crippen molar-refractivity contribution in [1.82, 2.24) is 0 Å². The molecule has 0 saturated heterocycles. The molecular weight excluding hydrogens is 249 g/mol. The lowest BCUT2D eigenvalue weighted by Gasteiger charge is -2.05. The molecule has 1 N–H and O–H groups in total. The van der Waals surface area contributed by atoms with Crippen molar-refractivity contribution in [2.45, 2.75) is 6.42 Å². The van der Waals surface area contributed by atoms with Crippen molar-refractivity contribution in [3.05, 3.63) is 72.1 Å². The predicted molar refractivity (Wildman–Crippen MR) is 82.8 cm³/mol. The number of halogens is 1. The Kier molecular flexibility index (Phi) is 4.97. The van der Waals surface area contributed by atoms with Crippen LogP contribution in [0.2, 0.25) is 0 Å². The molecule has 2 rings (SSSR count). The molecule has 0 amide bonds. The van der Waals surface area contributed by atoms with Crippen LogP contribution in [0.4, 0.5) is 10.1 Å². The molecule has 100 valence electrons. The lowest BCUT2D eigenvalue weighted by Crippen LogP contribution is -2.00. The standard InChI is InChI=1S/C18H16FN/c1-2-15(16-7-4-3-5-8-16)9-6-14-20-18-12-10-17(19)11-13-18/h1,3-5,7-13,20H,6,14H2/b15-9+. The summed E-state index contributed by atoms with van der Waals surface area (Å²) in [6, 6.07) is 16.2. The molecular formula is C18H16FN. The average molecular weight is 265 g/mol. The molecule has 1 nitrogen and oxygen atoms in total. The van der Waals surface area contributed by atoms with Gasteiger partial charge in [-0.25, -0.2) is 4.39 Å². The Morgan fingerprint density at radius 1 is 1.10 bits per heavy atom. The van der Waals surface area contributed by atoms with Crippen molar-refractivity contribution in [2.24, 2.45) is 0 Å². The molecule has 2 aromatic carbocycles. The van der Waals surface area contributed by atoms with E-state index in [0.717, 1.165) is 29.8 Å². The van der Waals surface area contributed by atoms with Gasteiger partial charge in [0.05, 0.1) is 0 Å². The average Bonchev–Trinajstić information content (AvgIpc) is 2.50. The first-order valence-corrected chi connectivity index (χ1v) is 6.51. The van der Waals surface area contributed by atoms with Crippen LogP contribution < -0.4 is 5.32 Å². The van der Waals surface area contributed by atoms with Gasteiger partial charge in [0.1, 0.15) is 5.82 Å². The number of allylic oxidation sites excluding steroid dienone is 1. The maximum absolute atomic E-state index is 12.8. The van der Waals surface area contributed by atoms with Crippen molar-refractivity contribution in [1.29, 1.82) is 0 Å². The van der Waals surface area contributed by atoms with Crippen LogP contribution >= 0.6 is 0 Å². The zero-order valence-electron chi connectivity index (χ0n) is 11.1. The lowest BCUT2D eigenvalue weighted by molar-refractivity contribution is 0.628. The van der Waals surface area contributed by atoms with E-state index < -0.39 is 0 Å². The molecule has 0 spiro atoms. The summed E-state index contributed by atoms with van der Waals surface area (Å²) in [6.45, 7) is 0.754. The first-order valence-electron chi connectivity index (χ1n) is 6.51. The van der Waals surface area contributed by atoms with Gasteiger partial charge in [0.15, 0.2) is 0 Å². The monoisotopic (exact) mass is 265 g/mol. The van der Waals surface area contributed by atoms with Gasteiger partial charge in [-0.2, -0.15) is 0 Å². The minimum atomic E-state index is -0.228. The van der Waals surface area contributed by atoms with Crippen molar-refractivity contribution >= 4 is 11.3 Å². The largest absolute Gasteiger partial charge is 0.385 e. The summed E-state index contributed by atoms with van der Waals surface area (Å²) in [5.41, 5.74) is 2.85. The number of nitrogens with one attached hydrogen (secondary N) is 1. The maximum atomic E-state index is 12.8. The number of hydrogen-bond acceptors (Lipinski definition) is 1. The van der Waals surface area contributed by atoms with Gasteiger partial charge in [-0.05, 0) is 36.2 Å². The summed E-state index contributed by atoms with van der Waals surface area (Å²) in [6.07, 6.45) is 8.38. The minimum absolute atomic E-state index is 0.228. The number of benzene rings is 2. The Morgan fingerprint density at radius 2 is 1.80 bits per heavy atom. The Balaban J connectivity index is 1.89. The van der Waals surface area contributed by atoms with E-state index in [4.69, 9.17) is 6.42 Å². The van der Waals surface area contributed by atoms with Gasteiger partial charge in [-0.3, -0.25) is 0 Å². The van der Waals surface area contributed by atoms with E-state index in [-0.39, 0.29) is 5.82 Å². The van der Waals surface area contributed by atoms with Crippen LogP contribution in [-0.4, -0.2) is 6.54 Å². The van der Waals surface area contributed by atoms with Gasteiger partial charge in [0.2, 0.25) is 0 Å². The Hall–Kier alpha value is -2.53. The lowest BCUT2D eigenvalue weighted by atomic mass is 10.1. The highest BCUT2D eigenvalue weighted by Crippen LogP contribution is 2.14. The molecule has 0 aliphatic heterocycles. The van der Waals surface area contributed by atoms with Crippen LogP contribution in [-0.2, 0) is 0 Å². The summed E-state index contributed by atoms with van der Waals surface area (Å²) in [4.78, 5) is 0. The van der Waals surface area contributed by atoms with Gasteiger partial charge in [-0.15, -0.1) is 6.42 Å². The summed E-state index contributed by atoms with van der Waals surface area (Å²) in [5.74, 6) is 2.48. The smallest absolute Gasteiger partial charge is 0.123 e. The second-order valence-corrected chi connectivity index (χ2v) is 4.35. The van der Waals surface area contributed by atoms with E-state index in [1.807, 2.05) is 36.4 Å². The van der Waals surface area contributed by atoms with Gasteiger partial charge in [0.25, 0.3) is 0 Å². The molecule has 0 aliphatic carbocycles. The molecule has 0 aromatic heterocycles. The third kappa shape index (κ3) is 4.00. The van der Waals surface area contributed by atoms with E-state index in [0.29, 0.717) is 0 Å². The number of rotatable bonds is 5. The molecule has 0 bridgehead atoms. The fourth-order valence-electron chi connectivity index (χ4n) is 1.88. The first kappa shape index (κ1) is 13.9. The van der Waals surface area contributed by atoms with Gasteiger partial charge in [-0.1, -0.05) is 42.3 Å². The van der Waals surface area contributed by atoms with E-state index >= 15 is 0 Å². The molecule has 0 unspecified atom stereocenters. The molecule has 0 heterocycles. The number of anilines is 1. The van der Waals surface area contributed by atoms with Crippen molar-refractivity contribution in [3.63, 3.8) is 0 Å². The van der Waals surface area contributed by atoms with Gasteiger partial charge >= 0.3 is 0 Å². The molecule has 20 heavy (non-hydrogen) atoms. The van der Waals surface area contributed by atoms with Crippen molar-refractivity contribution < 1.29 is 4.39 Å². The Bertz CT molecular complexity index is 606. The normalized spacial score (nSPS) is 10.9. The van der Waals surface area contributed by atoms with Crippen molar-refractivity contribution in [2.75, 3.05) is 11.9 Å². The number of hydrogen-bond donors (Lipinski definition) is 1. The summed E-state index contributed by atoms with van der Waals surface area (Å²) >= 11 is 0. The SMILES string of the molecule is C#C/C(=C\CCNc1ccc(F)cc1)c1ccccc1. The number of terminal acetylenes is 1. The molecule has 2 heteroatoms. The van der Waals surface area contributed by atoms with E-state index in [1.54, 1.807) is 12.1 Å². The summed E-state index contributed by atoms with van der Waals surface area (Å²) < 4.78 is 12.8. The van der Waals surface area contributed by atoms with Crippen LogP contribution in [0.5, 0.6) is 0 Å². The highest BCUT2D eigenvalue weighted by molar-refractivity contribution is 5.78. The Labute approximate surface area is 119 Å². The highest BCUT2D eigenvalue weighted by atomic mass is 19.1. The van der Waals surface area contributed by atoms with E-state index in [9.17, 15) is 4.39 Å². The second-order valence-electron chi connectivity index (χ2n) is 4.35. The quantitative estimate of drug-likeness (QED) is 0.626. The van der Waals surface area contributed by atoms with E-state index in [2.05, 4.69) is 11.2 Å². The molecule has 0 fully saturated rings. The minimum Gasteiger partial charge on any atom is -0.385 e. The molecule has 2 aromatic rings. The van der Waals surface area contributed by atoms with Crippen LogP contribution in [0.25, 0.3) is 5.57 Å². The first-order chi connectivity index (χ1) is 9.79.